The van der Waals surface area contributed by atoms with E-state index in [9.17, 15) is 36.0 Å². The van der Waals surface area contributed by atoms with E-state index in [0.717, 1.165) is 12.0 Å². The SMILES string of the molecule is CCN(C(=O)CCC(=O)CS(=O)(=O)C1CC1)C1c2ccccc2N(C(=O)c2ccc(SC(F)(F)F)cc2)C2CCC12. The monoisotopic (exact) mass is 608 g/mol. The molecule has 3 atom stereocenters. The lowest BCUT2D eigenvalue weighted by atomic mass is 9.67. The lowest BCUT2D eigenvalue weighted by molar-refractivity contribution is -0.137. The second-order valence-corrected chi connectivity index (χ2v) is 14.2. The molecule has 7 nitrogen and oxygen atoms in total. The van der Waals surface area contributed by atoms with Gasteiger partial charge in [-0.15, -0.1) is 0 Å². The number of sulfone groups is 1. The van der Waals surface area contributed by atoms with E-state index < -0.39 is 32.1 Å². The molecule has 0 saturated heterocycles. The number of thioether (sulfide) groups is 1. The maximum Gasteiger partial charge on any atom is 0.446 e. The number of rotatable bonds is 10. The fraction of sp³-hybridized carbons (Fsp3) is 0.483. The van der Waals surface area contributed by atoms with Crippen LogP contribution >= 0.6 is 11.8 Å². The summed E-state index contributed by atoms with van der Waals surface area (Å²) in [5, 5.41) is -0.425. The minimum Gasteiger partial charge on any atom is -0.335 e. The Morgan fingerprint density at radius 3 is 2.24 bits per heavy atom. The van der Waals surface area contributed by atoms with Crippen molar-refractivity contribution in [3.8, 4) is 0 Å². The van der Waals surface area contributed by atoms with E-state index in [1.54, 1.807) is 15.9 Å². The Morgan fingerprint density at radius 2 is 1.66 bits per heavy atom. The van der Waals surface area contributed by atoms with Gasteiger partial charge in [-0.2, -0.15) is 13.2 Å². The molecule has 1 aliphatic heterocycles. The van der Waals surface area contributed by atoms with Crippen molar-refractivity contribution in [2.45, 2.75) is 73.2 Å². The van der Waals surface area contributed by atoms with Gasteiger partial charge in [0.1, 0.15) is 11.5 Å². The van der Waals surface area contributed by atoms with Crippen LogP contribution in [0.15, 0.2) is 53.4 Å². The highest BCUT2D eigenvalue weighted by atomic mass is 32.2. The molecular weight excluding hydrogens is 577 g/mol. The summed E-state index contributed by atoms with van der Waals surface area (Å²) in [5.41, 5.74) is -2.70. The predicted octanol–water partition coefficient (Wildman–Crippen LogP) is 5.55. The maximum absolute atomic E-state index is 13.7. The van der Waals surface area contributed by atoms with Gasteiger partial charge in [0, 0.05) is 47.5 Å². The average Bonchev–Trinajstić information content (AvgIpc) is 3.75. The van der Waals surface area contributed by atoms with Crippen molar-refractivity contribution in [2.75, 3.05) is 17.2 Å². The number of halogens is 3. The molecule has 2 aromatic carbocycles. The highest BCUT2D eigenvalue weighted by Gasteiger charge is 2.51. The Morgan fingerprint density at radius 1 is 0.976 bits per heavy atom. The molecule has 2 saturated carbocycles. The molecule has 2 aromatic rings. The summed E-state index contributed by atoms with van der Waals surface area (Å²) in [4.78, 5) is 42.9. The molecule has 220 valence electrons. The van der Waals surface area contributed by atoms with Crippen LogP contribution in [0.4, 0.5) is 18.9 Å². The summed E-state index contributed by atoms with van der Waals surface area (Å²) in [6, 6.07) is 12.2. The number of ketones is 1. The molecule has 3 aliphatic rings. The van der Waals surface area contributed by atoms with Crippen molar-refractivity contribution in [1.82, 2.24) is 4.90 Å². The molecular formula is C29H31F3N2O5S2. The Balaban J connectivity index is 1.34. The largest absolute Gasteiger partial charge is 0.446 e. The molecule has 2 amide bonds. The minimum absolute atomic E-state index is 0.00426. The summed E-state index contributed by atoms with van der Waals surface area (Å²) >= 11 is -0.235. The highest BCUT2D eigenvalue weighted by molar-refractivity contribution is 8.00. The molecule has 0 radical (unpaired) electrons. The number of anilines is 1. The van der Waals surface area contributed by atoms with E-state index in [4.69, 9.17) is 0 Å². The van der Waals surface area contributed by atoms with E-state index >= 15 is 0 Å². The summed E-state index contributed by atoms with van der Waals surface area (Å²) in [6.07, 6.45) is 2.43. The fourth-order valence-electron chi connectivity index (χ4n) is 5.92. The number of carbonyl (C=O) groups is 3. The topological polar surface area (TPSA) is 91.8 Å². The van der Waals surface area contributed by atoms with Crippen molar-refractivity contribution < 1.29 is 36.0 Å². The van der Waals surface area contributed by atoms with Crippen LogP contribution in [-0.4, -0.2) is 60.0 Å². The second-order valence-electron chi connectivity index (χ2n) is 10.8. The van der Waals surface area contributed by atoms with Crippen LogP contribution in [0.3, 0.4) is 0 Å². The molecule has 12 heteroatoms. The standard InChI is InChI=1S/C29H31F3N2O5S2/c1-2-33(26(36)16-9-19(35)17-41(38,39)21-12-13-21)27-22-5-3-4-6-24(22)34(25-15-14-23(25)27)28(37)18-7-10-20(11-8-18)40-29(30,31)32/h3-8,10-11,21,23,25,27H,2,9,12-17H2,1H3. The minimum atomic E-state index is -4.42. The molecule has 0 bridgehead atoms. The number of amides is 2. The van der Waals surface area contributed by atoms with Crippen LogP contribution in [0.25, 0.3) is 0 Å². The van der Waals surface area contributed by atoms with E-state index in [0.29, 0.717) is 31.5 Å². The van der Waals surface area contributed by atoms with Crippen LogP contribution in [0.1, 0.15) is 67.4 Å². The zero-order valence-electron chi connectivity index (χ0n) is 22.5. The molecule has 2 fully saturated rings. The van der Waals surface area contributed by atoms with Gasteiger partial charge in [-0.3, -0.25) is 14.4 Å². The van der Waals surface area contributed by atoms with Crippen molar-refractivity contribution in [3.63, 3.8) is 0 Å². The number of para-hydroxylation sites is 1. The van der Waals surface area contributed by atoms with Gasteiger partial charge in [0.05, 0.1) is 11.3 Å². The summed E-state index contributed by atoms with van der Waals surface area (Å²) in [7, 11) is -3.44. The number of benzene rings is 2. The third kappa shape index (κ3) is 6.33. The first-order valence-corrected chi connectivity index (χ1v) is 16.2. The molecule has 0 spiro atoms. The van der Waals surface area contributed by atoms with Gasteiger partial charge >= 0.3 is 5.51 Å². The van der Waals surface area contributed by atoms with E-state index in [1.807, 2.05) is 25.1 Å². The predicted molar refractivity (Wildman–Crippen MR) is 149 cm³/mol. The first-order valence-electron chi connectivity index (χ1n) is 13.7. The van der Waals surface area contributed by atoms with E-state index in [2.05, 4.69) is 0 Å². The maximum atomic E-state index is 13.7. The molecule has 1 heterocycles. The van der Waals surface area contributed by atoms with Crippen molar-refractivity contribution in [1.29, 1.82) is 0 Å². The zero-order chi connectivity index (χ0) is 29.5. The van der Waals surface area contributed by atoms with Gasteiger partial charge in [0.25, 0.3) is 5.91 Å². The van der Waals surface area contributed by atoms with Crippen molar-refractivity contribution >= 4 is 44.9 Å². The number of nitrogens with zero attached hydrogens (tertiary/aromatic N) is 2. The second kappa shape index (κ2) is 11.4. The highest BCUT2D eigenvalue weighted by Crippen LogP contribution is 2.52. The number of Topliss-reactive ketones (excluding diaryl/α,β-unsaturated/α-hetero) is 1. The molecule has 0 N–H and O–H groups in total. The number of alkyl halides is 3. The van der Waals surface area contributed by atoms with Crippen molar-refractivity contribution in [3.05, 3.63) is 59.7 Å². The van der Waals surface area contributed by atoms with Gasteiger partial charge < -0.3 is 9.80 Å². The van der Waals surface area contributed by atoms with E-state index in [-0.39, 0.29) is 64.9 Å². The summed E-state index contributed by atoms with van der Waals surface area (Å²) in [6.45, 7) is 2.23. The third-order valence-corrected chi connectivity index (χ3v) is 11.1. The molecule has 3 unspecified atom stereocenters. The van der Waals surface area contributed by atoms with Gasteiger partial charge in [-0.1, -0.05) is 18.2 Å². The molecule has 2 aliphatic carbocycles. The molecule has 0 aromatic heterocycles. The number of hydrogen-bond acceptors (Lipinski definition) is 6. The summed E-state index contributed by atoms with van der Waals surface area (Å²) in [5.74, 6) is -1.59. The Hall–Kier alpha value is -2.86. The van der Waals surface area contributed by atoms with Gasteiger partial charge in [-0.05, 0) is 80.3 Å². The average molecular weight is 609 g/mol. The lowest BCUT2D eigenvalue weighted by Gasteiger charge is -2.55. The first kappa shape index (κ1) is 29.6. The van der Waals surface area contributed by atoms with Gasteiger partial charge in [-0.25, -0.2) is 8.42 Å². The quantitative estimate of drug-likeness (QED) is 0.329. The molecule has 41 heavy (non-hydrogen) atoms. The van der Waals surface area contributed by atoms with Crippen molar-refractivity contribution in [2.24, 2.45) is 5.92 Å². The van der Waals surface area contributed by atoms with Crippen LogP contribution in [0.2, 0.25) is 0 Å². The molecule has 5 rings (SSSR count). The van der Waals surface area contributed by atoms with Crippen LogP contribution in [-0.2, 0) is 19.4 Å². The van der Waals surface area contributed by atoms with Crippen LogP contribution < -0.4 is 4.90 Å². The Kier molecular flexibility index (Phi) is 8.26. The number of hydrogen-bond donors (Lipinski definition) is 0. The van der Waals surface area contributed by atoms with Gasteiger partial charge in [0.15, 0.2) is 9.84 Å². The smallest absolute Gasteiger partial charge is 0.335 e. The van der Waals surface area contributed by atoms with Crippen LogP contribution in [0, 0.1) is 5.92 Å². The number of carbonyl (C=O) groups excluding carboxylic acids is 3. The first-order chi connectivity index (χ1) is 19.4. The van der Waals surface area contributed by atoms with Gasteiger partial charge in [0.2, 0.25) is 5.91 Å². The Labute approximate surface area is 241 Å². The van der Waals surface area contributed by atoms with Crippen LogP contribution in [0.5, 0.6) is 0 Å². The normalized spacial score (nSPS) is 21.9. The summed E-state index contributed by atoms with van der Waals surface area (Å²) < 4.78 is 62.6. The fourth-order valence-corrected chi connectivity index (χ4v) is 8.14. The lowest BCUT2D eigenvalue weighted by Crippen LogP contribution is -2.58. The third-order valence-electron chi connectivity index (χ3n) is 8.10. The Bertz CT molecular complexity index is 1440. The number of fused-ring (bicyclic) bond motifs is 2. The van der Waals surface area contributed by atoms with E-state index in [1.165, 1.54) is 24.3 Å². The zero-order valence-corrected chi connectivity index (χ0v) is 24.1.